The van der Waals surface area contributed by atoms with Gasteiger partial charge in [-0.2, -0.15) is 0 Å². The van der Waals surface area contributed by atoms with Gasteiger partial charge in [-0.15, -0.1) is 0 Å². The Hall–Kier alpha value is -5.72. The van der Waals surface area contributed by atoms with E-state index in [1.54, 1.807) is 0 Å². The Balaban J connectivity index is 1.10. The van der Waals surface area contributed by atoms with Gasteiger partial charge in [0.05, 0.1) is 48.4 Å². The van der Waals surface area contributed by atoms with E-state index in [-0.39, 0.29) is 47.3 Å². The molecule has 7 rings (SSSR count). The van der Waals surface area contributed by atoms with E-state index < -0.39 is 24.3 Å². The van der Waals surface area contributed by atoms with E-state index in [4.69, 9.17) is 19.4 Å². The van der Waals surface area contributed by atoms with Crippen molar-refractivity contribution in [3.63, 3.8) is 0 Å². The molecule has 0 bridgehead atoms. The Morgan fingerprint density at radius 1 is 0.712 bits per heavy atom. The number of aromatic amines is 2. The number of nitrogens with one attached hydrogen (secondary N) is 4. The molecule has 2 aromatic heterocycles. The first-order valence-electron chi connectivity index (χ1n) is 20.8. The van der Waals surface area contributed by atoms with Crippen molar-refractivity contribution in [2.24, 2.45) is 29.6 Å². The molecule has 7 atom stereocenters. The molecule has 2 aliphatic rings. The van der Waals surface area contributed by atoms with Crippen LogP contribution in [0.15, 0.2) is 54.6 Å². The molecule has 5 aromatic rings. The Kier molecular flexibility index (Phi) is 11.8. The maximum atomic E-state index is 13.9. The SMILES string of the molecule is COC(=O)N[C@H](C(=O)C1C[C@H](C)C[C@H]1c1nc2cc(-c3ccc(-c4ccc5[nH]c([C@@H]6C[C@@H](C)CN6C(=O)[C@@H](NC(=O)OC)C(C)C)nc5c4)c(C)c3)ccc2[nH]1)C(C)C. The number of ketones is 1. The molecule has 1 aliphatic carbocycles. The van der Waals surface area contributed by atoms with Gasteiger partial charge < -0.3 is 35.0 Å². The van der Waals surface area contributed by atoms with Crippen molar-refractivity contribution >= 4 is 45.9 Å². The number of benzene rings is 3. The molecule has 13 nitrogen and oxygen atoms in total. The number of carbonyl (C=O) groups excluding carboxylic acids is 4. The smallest absolute Gasteiger partial charge is 0.407 e. The minimum absolute atomic E-state index is 0.0246. The van der Waals surface area contributed by atoms with Crippen molar-refractivity contribution < 1.29 is 28.7 Å². The van der Waals surface area contributed by atoms with E-state index in [1.165, 1.54) is 14.2 Å². The average Bonchev–Trinajstić information content (AvgIpc) is 4.01. The molecule has 59 heavy (non-hydrogen) atoms. The van der Waals surface area contributed by atoms with Gasteiger partial charge in [-0.05, 0) is 102 Å². The van der Waals surface area contributed by atoms with Crippen LogP contribution in [0.1, 0.15) is 90.0 Å². The molecule has 2 fully saturated rings. The number of nitrogens with zero attached hydrogens (tertiary/aromatic N) is 3. The number of H-pyrrole nitrogens is 2. The Morgan fingerprint density at radius 2 is 1.27 bits per heavy atom. The molecular formula is C46H57N7O6. The van der Waals surface area contributed by atoms with Gasteiger partial charge in [-0.25, -0.2) is 19.6 Å². The zero-order chi connectivity index (χ0) is 42.3. The number of likely N-dealkylation sites (tertiary alicyclic amines) is 1. The molecular weight excluding hydrogens is 747 g/mol. The molecule has 0 radical (unpaired) electrons. The maximum Gasteiger partial charge on any atom is 0.407 e. The summed E-state index contributed by atoms with van der Waals surface area (Å²) in [5.74, 6) is 1.51. The largest absolute Gasteiger partial charge is 0.453 e. The number of rotatable bonds is 11. The van der Waals surface area contributed by atoms with E-state index in [0.717, 1.165) is 80.8 Å². The monoisotopic (exact) mass is 803 g/mol. The molecule has 1 unspecified atom stereocenters. The van der Waals surface area contributed by atoms with Crippen LogP contribution in [0.4, 0.5) is 9.59 Å². The van der Waals surface area contributed by atoms with E-state index >= 15 is 0 Å². The number of carbonyl (C=O) groups is 4. The van der Waals surface area contributed by atoms with E-state index in [9.17, 15) is 19.2 Å². The van der Waals surface area contributed by atoms with Crippen molar-refractivity contribution in [3.8, 4) is 22.3 Å². The Bertz CT molecular complexity index is 2380. The number of aromatic nitrogens is 4. The maximum absolute atomic E-state index is 13.9. The van der Waals surface area contributed by atoms with Gasteiger partial charge in [0.1, 0.15) is 17.7 Å². The van der Waals surface area contributed by atoms with Crippen LogP contribution in [-0.4, -0.2) is 81.6 Å². The van der Waals surface area contributed by atoms with E-state index in [1.807, 2.05) is 38.7 Å². The van der Waals surface area contributed by atoms with Crippen molar-refractivity contribution in [1.82, 2.24) is 35.5 Å². The van der Waals surface area contributed by atoms with Crippen molar-refractivity contribution in [3.05, 3.63) is 71.8 Å². The lowest BCUT2D eigenvalue weighted by Gasteiger charge is -2.30. The number of hydrogen-bond acceptors (Lipinski definition) is 8. The van der Waals surface area contributed by atoms with Crippen LogP contribution in [0.5, 0.6) is 0 Å². The normalized spacial score (nSPS) is 21.6. The van der Waals surface area contributed by atoms with Gasteiger partial charge in [-0.1, -0.05) is 71.9 Å². The van der Waals surface area contributed by atoms with E-state index in [2.05, 4.69) is 89.9 Å². The predicted molar refractivity (Wildman–Crippen MR) is 228 cm³/mol. The molecule has 1 aliphatic heterocycles. The highest BCUT2D eigenvalue weighted by atomic mass is 16.5. The summed E-state index contributed by atoms with van der Waals surface area (Å²) in [5, 5.41) is 5.49. The number of amides is 3. The molecule has 312 valence electrons. The molecule has 0 spiro atoms. The number of hydrogen-bond donors (Lipinski definition) is 4. The lowest BCUT2D eigenvalue weighted by atomic mass is 9.84. The number of Topliss-reactive ketones (excluding diaryl/α,β-unsaturated/α-hetero) is 1. The van der Waals surface area contributed by atoms with Crippen molar-refractivity contribution in [2.45, 2.75) is 91.8 Å². The highest BCUT2D eigenvalue weighted by Gasteiger charge is 2.43. The van der Waals surface area contributed by atoms with Crippen molar-refractivity contribution in [1.29, 1.82) is 0 Å². The minimum Gasteiger partial charge on any atom is -0.453 e. The number of imidazole rings is 2. The van der Waals surface area contributed by atoms with Crippen molar-refractivity contribution in [2.75, 3.05) is 20.8 Å². The molecule has 13 heteroatoms. The van der Waals surface area contributed by atoms with Crippen LogP contribution < -0.4 is 10.6 Å². The van der Waals surface area contributed by atoms with Crippen LogP contribution in [-0.2, 0) is 19.1 Å². The summed E-state index contributed by atoms with van der Waals surface area (Å²) in [7, 11) is 2.61. The second-order valence-electron chi connectivity index (χ2n) is 17.5. The average molecular weight is 804 g/mol. The second kappa shape index (κ2) is 16.9. The highest BCUT2D eigenvalue weighted by molar-refractivity contribution is 5.91. The predicted octanol–water partition coefficient (Wildman–Crippen LogP) is 8.45. The molecule has 3 aromatic carbocycles. The van der Waals surface area contributed by atoms with E-state index in [0.29, 0.717) is 12.5 Å². The van der Waals surface area contributed by atoms with Crippen LogP contribution in [0.3, 0.4) is 0 Å². The third kappa shape index (κ3) is 8.42. The van der Waals surface area contributed by atoms with Gasteiger partial charge >= 0.3 is 12.2 Å². The first kappa shape index (κ1) is 41.4. The summed E-state index contributed by atoms with van der Waals surface area (Å²) < 4.78 is 9.62. The summed E-state index contributed by atoms with van der Waals surface area (Å²) >= 11 is 0. The van der Waals surface area contributed by atoms with Crippen LogP contribution in [0.2, 0.25) is 0 Å². The summed E-state index contributed by atoms with van der Waals surface area (Å²) in [5.41, 5.74) is 8.83. The van der Waals surface area contributed by atoms with Gasteiger partial charge in [0, 0.05) is 18.4 Å². The van der Waals surface area contributed by atoms with Gasteiger partial charge in [0.25, 0.3) is 0 Å². The number of fused-ring (bicyclic) bond motifs is 2. The molecule has 1 saturated heterocycles. The first-order chi connectivity index (χ1) is 28.1. The number of ether oxygens (including phenoxy) is 2. The lowest BCUT2D eigenvalue weighted by molar-refractivity contribution is -0.135. The quantitative estimate of drug-likeness (QED) is 0.103. The zero-order valence-corrected chi connectivity index (χ0v) is 35.5. The summed E-state index contributed by atoms with van der Waals surface area (Å²) in [6, 6.07) is 17.3. The number of aryl methyl sites for hydroxylation is 1. The van der Waals surface area contributed by atoms with Crippen LogP contribution in [0, 0.1) is 36.5 Å². The van der Waals surface area contributed by atoms with Crippen LogP contribution >= 0.6 is 0 Å². The highest BCUT2D eigenvalue weighted by Crippen LogP contribution is 2.44. The molecule has 3 amide bonds. The Labute approximate surface area is 345 Å². The number of alkyl carbamates (subject to hydrolysis) is 2. The Morgan fingerprint density at radius 3 is 1.90 bits per heavy atom. The fourth-order valence-electron chi connectivity index (χ4n) is 9.22. The van der Waals surface area contributed by atoms with Gasteiger partial charge in [0.15, 0.2) is 5.78 Å². The lowest BCUT2D eigenvalue weighted by Crippen LogP contribution is -2.51. The summed E-state index contributed by atoms with van der Waals surface area (Å²) in [4.78, 5) is 70.8. The summed E-state index contributed by atoms with van der Waals surface area (Å²) in [6.07, 6.45) is 1.12. The molecule has 4 N–H and O–H groups in total. The standard InChI is InChI=1S/C46H57N7O6/c1-23(2)39(51-45(56)58-8)41(54)32-16-25(5)17-33(32)42-47-34-14-11-29(20-36(34)49-42)28-10-13-31(27(7)19-28)30-12-15-35-37(21-30)50-43(48-35)38-18-26(6)22-53(38)44(55)40(24(3)4)52-46(57)59-9/h10-15,19-21,23-26,32-33,38-40H,16-18,22H2,1-9H3,(H,47,49)(H,48,50)(H,51,56)(H,52,57)/t25-,26+,32?,33+,38-,39-,40-/m0/s1. The first-order valence-corrected chi connectivity index (χ1v) is 20.8. The topological polar surface area (TPSA) is 171 Å². The van der Waals surface area contributed by atoms with Gasteiger partial charge in [-0.3, -0.25) is 9.59 Å². The van der Waals surface area contributed by atoms with Crippen LogP contribution in [0.25, 0.3) is 44.3 Å². The molecule has 1 saturated carbocycles. The fraction of sp³-hybridized carbons (Fsp3) is 0.478. The third-order valence-electron chi connectivity index (χ3n) is 12.3. The summed E-state index contributed by atoms with van der Waals surface area (Å²) in [6.45, 7) is 14.7. The fourth-order valence-corrected chi connectivity index (χ4v) is 9.22. The number of methoxy groups -OCH3 is 2. The molecule has 3 heterocycles. The second-order valence-corrected chi connectivity index (χ2v) is 17.5. The third-order valence-corrected chi connectivity index (χ3v) is 12.3. The zero-order valence-electron chi connectivity index (χ0n) is 35.5. The minimum atomic E-state index is -0.705. The van der Waals surface area contributed by atoms with Gasteiger partial charge in [0.2, 0.25) is 5.91 Å².